The molecule has 2 aromatic carbocycles. The van der Waals surface area contributed by atoms with Gasteiger partial charge in [-0.25, -0.2) is 4.39 Å². The van der Waals surface area contributed by atoms with Crippen molar-refractivity contribution in [3.63, 3.8) is 0 Å². The number of ether oxygens (including phenoxy) is 1. The van der Waals surface area contributed by atoms with Gasteiger partial charge < -0.3 is 17.7 Å². The third-order valence-electron chi connectivity index (χ3n) is 2.83. The van der Waals surface area contributed by atoms with Gasteiger partial charge in [0.05, 0.1) is 11.6 Å². The number of halogens is 4. The molecule has 0 aliphatic rings. The minimum Gasteiger partial charge on any atom is -0.489 e. The van der Waals surface area contributed by atoms with Crippen LogP contribution in [0.4, 0.5) is 17.3 Å². The minimum atomic E-state index is -5.04. The van der Waals surface area contributed by atoms with Gasteiger partial charge in [0.2, 0.25) is 0 Å². The van der Waals surface area contributed by atoms with Gasteiger partial charge in [0.25, 0.3) is 0 Å². The number of nitrogens with zero attached hydrogens (tertiary/aromatic N) is 1. The topological polar surface area (TPSA) is 33.0 Å². The Kier molecular flexibility index (Phi) is 4.17. The van der Waals surface area contributed by atoms with E-state index in [4.69, 9.17) is 10.00 Å². The fraction of sp³-hybridized carbons (Fsp3) is 0.0714. The van der Waals surface area contributed by atoms with Gasteiger partial charge in [-0.1, -0.05) is 12.1 Å². The molecular weight excluding hydrogens is 285 g/mol. The molecule has 0 aromatic heterocycles. The monoisotopic (exact) mass is 294 g/mol. The zero-order valence-corrected chi connectivity index (χ0v) is 10.7. The summed E-state index contributed by atoms with van der Waals surface area (Å²) in [6, 6.07) is 9.87. The lowest BCUT2D eigenvalue weighted by Gasteiger charge is -2.15. The van der Waals surface area contributed by atoms with E-state index in [-0.39, 0.29) is 23.5 Å². The Labute approximate surface area is 118 Å². The van der Waals surface area contributed by atoms with Crippen LogP contribution < -0.4 is 10.2 Å². The second-order valence-electron chi connectivity index (χ2n) is 4.35. The van der Waals surface area contributed by atoms with Gasteiger partial charge in [-0.3, -0.25) is 0 Å². The molecular formula is C14H9BF4NO-. The quantitative estimate of drug-likeness (QED) is 0.640. The lowest BCUT2D eigenvalue weighted by atomic mass is 9.80. The highest BCUT2D eigenvalue weighted by molar-refractivity contribution is 6.73. The van der Waals surface area contributed by atoms with Gasteiger partial charge in [-0.15, -0.1) is 5.46 Å². The normalized spacial score (nSPS) is 11.0. The van der Waals surface area contributed by atoms with Crippen molar-refractivity contribution in [1.82, 2.24) is 0 Å². The van der Waals surface area contributed by atoms with E-state index in [0.29, 0.717) is 0 Å². The molecule has 0 fully saturated rings. The predicted molar refractivity (Wildman–Crippen MR) is 70.6 cm³/mol. The van der Waals surface area contributed by atoms with Crippen molar-refractivity contribution in [1.29, 1.82) is 5.26 Å². The summed E-state index contributed by atoms with van der Waals surface area (Å²) < 4.78 is 56.1. The molecule has 108 valence electrons. The van der Waals surface area contributed by atoms with Crippen LogP contribution in [-0.4, -0.2) is 6.98 Å². The van der Waals surface area contributed by atoms with Crippen molar-refractivity contribution < 1.29 is 22.1 Å². The van der Waals surface area contributed by atoms with E-state index >= 15 is 0 Å². The van der Waals surface area contributed by atoms with Crippen LogP contribution in [0.5, 0.6) is 5.75 Å². The van der Waals surface area contributed by atoms with Gasteiger partial charge in [-0.2, -0.15) is 5.26 Å². The summed E-state index contributed by atoms with van der Waals surface area (Å²) in [5, 5.41) is 8.73. The van der Waals surface area contributed by atoms with Gasteiger partial charge in [0, 0.05) is 5.56 Å². The SMILES string of the molecule is N#Cc1ccc(F)c(COc2ccc([B-](F)(F)F)cc2)c1. The zero-order valence-electron chi connectivity index (χ0n) is 10.7. The van der Waals surface area contributed by atoms with E-state index in [1.165, 1.54) is 24.3 Å². The molecule has 2 nitrogen and oxygen atoms in total. The zero-order chi connectivity index (χ0) is 15.5. The molecule has 0 N–H and O–H groups in total. The molecule has 0 aliphatic carbocycles. The average molecular weight is 294 g/mol. The second kappa shape index (κ2) is 5.88. The first-order valence-electron chi connectivity index (χ1n) is 6.01. The van der Waals surface area contributed by atoms with Crippen molar-refractivity contribution in [2.24, 2.45) is 0 Å². The van der Waals surface area contributed by atoms with E-state index in [2.05, 4.69) is 0 Å². The maximum absolute atomic E-state index is 13.5. The van der Waals surface area contributed by atoms with Crippen LogP contribution in [-0.2, 0) is 6.61 Å². The smallest absolute Gasteiger partial charge is 0.489 e. The highest BCUT2D eigenvalue weighted by Crippen LogP contribution is 2.17. The molecule has 2 aromatic rings. The Bertz CT molecular complexity index is 677. The van der Waals surface area contributed by atoms with Gasteiger partial charge in [0.15, 0.2) is 0 Å². The summed E-state index contributed by atoms with van der Waals surface area (Å²) in [6.07, 6.45) is 0. The number of benzene rings is 2. The Hall–Kier alpha value is -2.49. The van der Waals surface area contributed by atoms with Crippen molar-refractivity contribution >= 4 is 12.4 Å². The molecule has 0 heterocycles. The Morgan fingerprint density at radius 1 is 1.05 bits per heavy atom. The average Bonchev–Trinajstić information content (AvgIpc) is 2.46. The number of rotatable bonds is 4. The van der Waals surface area contributed by atoms with Crippen molar-refractivity contribution in [2.75, 3.05) is 0 Å². The van der Waals surface area contributed by atoms with Crippen LogP contribution in [0.2, 0.25) is 0 Å². The molecule has 0 unspecified atom stereocenters. The fourth-order valence-electron chi connectivity index (χ4n) is 1.70. The third kappa shape index (κ3) is 3.75. The molecule has 2 rings (SSSR count). The highest BCUT2D eigenvalue weighted by atomic mass is 19.4. The summed E-state index contributed by atoms with van der Waals surface area (Å²) in [6.45, 7) is -5.21. The Balaban J connectivity index is 2.08. The van der Waals surface area contributed by atoms with Crippen molar-refractivity contribution in [2.45, 2.75) is 6.61 Å². The minimum absolute atomic E-state index is 0.165. The lowest BCUT2D eigenvalue weighted by molar-refractivity contribution is 0.300. The van der Waals surface area contributed by atoms with Crippen molar-refractivity contribution in [3.05, 3.63) is 59.4 Å². The van der Waals surface area contributed by atoms with Crippen LogP contribution in [0.1, 0.15) is 11.1 Å². The summed E-state index contributed by atoms with van der Waals surface area (Å²) >= 11 is 0. The molecule has 0 bridgehead atoms. The molecule has 7 heteroatoms. The first kappa shape index (κ1) is 14.9. The molecule has 0 saturated heterocycles. The highest BCUT2D eigenvalue weighted by Gasteiger charge is 2.24. The first-order valence-corrected chi connectivity index (χ1v) is 6.01. The van der Waals surface area contributed by atoms with E-state index in [1.54, 1.807) is 0 Å². The van der Waals surface area contributed by atoms with Gasteiger partial charge >= 0.3 is 6.98 Å². The van der Waals surface area contributed by atoms with Crippen LogP contribution in [0.15, 0.2) is 42.5 Å². The largest absolute Gasteiger partial charge is 0.509 e. The summed E-state index contributed by atoms with van der Waals surface area (Å²) in [5.41, 5.74) is -0.275. The summed E-state index contributed by atoms with van der Waals surface area (Å²) in [7, 11) is 0. The summed E-state index contributed by atoms with van der Waals surface area (Å²) in [4.78, 5) is 0. The molecule has 0 atom stereocenters. The van der Waals surface area contributed by atoms with E-state index in [1.807, 2.05) is 6.07 Å². The molecule has 0 aliphatic heterocycles. The first-order chi connectivity index (χ1) is 9.90. The molecule has 0 radical (unpaired) electrons. The molecule has 0 spiro atoms. The second-order valence-corrected chi connectivity index (χ2v) is 4.35. The van der Waals surface area contributed by atoms with E-state index in [9.17, 15) is 17.3 Å². The number of hydrogen-bond acceptors (Lipinski definition) is 2. The summed E-state index contributed by atoms with van der Waals surface area (Å²) in [5.74, 6) is -0.343. The van der Waals surface area contributed by atoms with Gasteiger partial charge in [-0.05, 0) is 30.3 Å². The van der Waals surface area contributed by atoms with E-state index in [0.717, 1.165) is 18.2 Å². The Morgan fingerprint density at radius 3 is 2.29 bits per heavy atom. The Morgan fingerprint density at radius 2 is 1.71 bits per heavy atom. The standard InChI is InChI=1S/C14H9BF4NO/c16-14-6-1-10(8-20)7-11(14)9-21-13-4-2-12(3-5-13)15(17,18)19/h1-7H,9H2/q-1. The van der Waals surface area contributed by atoms with E-state index < -0.39 is 18.3 Å². The molecule has 0 amide bonds. The predicted octanol–water partition coefficient (Wildman–Crippen LogP) is 3.33. The van der Waals surface area contributed by atoms with Crippen LogP contribution in [0.3, 0.4) is 0 Å². The molecule has 21 heavy (non-hydrogen) atoms. The maximum atomic E-state index is 13.5. The van der Waals surface area contributed by atoms with Crippen LogP contribution in [0.25, 0.3) is 0 Å². The van der Waals surface area contributed by atoms with Crippen LogP contribution in [0, 0.1) is 17.1 Å². The fourth-order valence-corrected chi connectivity index (χ4v) is 1.70. The van der Waals surface area contributed by atoms with Crippen LogP contribution >= 0.6 is 0 Å². The van der Waals surface area contributed by atoms with Gasteiger partial charge in [0.1, 0.15) is 18.2 Å². The maximum Gasteiger partial charge on any atom is 0.509 e. The number of nitriles is 1. The van der Waals surface area contributed by atoms with Crippen molar-refractivity contribution in [3.8, 4) is 11.8 Å². The third-order valence-corrected chi connectivity index (χ3v) is 2.83. The lowest BCUT2D eigenvalue weighted by Crippen LogP contribution is -2.33. The number of hydrogen-bond donors (Lipinski definition) is 0. The molecule has 0 saturated carbocycles.